The molecule has 1 amide bonds. The van der Waals surface area contributed by atoms with Crippen molar-refractivity contribution < 1.29 is 19.0 Å². The van der Waals surface area contributed by atoms with Gasteiger partial charge in [0.05, 0.1) is 25.4 Å². The van der Waals surface area contributed by atoms with Crippen LogP contribution in [0.3, 0.4) is 0 Å². The Labute approximate surface area is 179 Å². The van der Waals surface area contributed by atoms with Gasteiger partial charge in [-0.25, -0.2) is 9.37 Å². The average molecular weight is 427 g/mol. The SMILES string of the molecule is Cc1nc(N[C@@H]2CCC[C@H](C(=O)N3CC(F)C3)C2)nnc1-c1ccc2c(c1O)CCO2. The molecule has 3 heterocycles. The lowest BCUT2D eigenvalue weighted by molar-refractivity contribution is -0.143. The zero-order valence-electron chi connectivity index (χ0n) is 17.5. The van der Waals surface area contributed by atoms with E-state index in [0.29, 0.717) is 48.1 Å². The quantitative estimate of drug-likeness (QED) is 0.774. The number of carbonyl (C=O) groups is 1. The van der Waals surface area contributed by atoms with Gasteiger partial charge in [-0.2, -0.15) is 0 Å². The highest BCUT2D eigenvalue weighted by molar-refractivity contribution is 5.80. The van der Waals surface area contributed by atoms with Crippen LogP contribution in [0.1, 0.15) is 36.9 Å². The predicted octanol–water partition coefficient (Wildman–Crippen LogP) is 2.64. The van der Waals surface area contributed by atoms with E-state index in [1.54, 1.807) is 11.0 Å². The molecule has 1 saturated heterocycles. The van der Waals surface area contributed by atoms with Crippen molar-refractivity contribution in [3.63, 3.8) is 0 Å². The molecule has 0 unspecified atom stereocenters. The second-order valence-corrected chi connectivity index (χ2v) is 8.65. The molecule has 2 aliphatic heterocycles. The van der Waals surface area contributed by atoms with Crippen molar-refractivity contribution in [3.8, 4) is 22.8 Å². The first-order valence-electron chi connectivity index (χ1n) is 10.9. The maximum Gasteiger partial charge on any atom is 0.243 e. The first kappa shape index (κ1) is 20.0. The lowest BCUT2D eigenvalue weighted by atomic mass is 9.84. The summed E-state index contributed by atoms with van der Waals surface area (Å²) in [7, 11) is 0. The highest BCUT2D eigenvalue weighted by Crippen LogP contribution is 2.40. The van der Waals surface area contributed by atoms with Gasteiger partial charge in [0.15, 0.2) is 0 Å². The van der Waals surface area contributed by atoms with Crippen molar-refractivity contribution in [2.24, 2.45) is 5.92 Å². The third-order valence-electron chi connectivity index (χ3n) is 6.47. The molecule has 1 aromatic carbocycles. The van der Waals surface area contributed by atoms with Gasteiger partial charge in [0.2, 0.25) is 11.9 Å². The second-order valence-electron chi connectivity index (χ2n) is 8.65. The predicted molar refractivity (Wildman–Crippen MR) is 112 cm³/mol. The van der Waals surface area contributed by atoms with E-state index in [1.807, 2.05) is 13.0 Å². The van der Waals surface area contributed by atoms with Crippen LogP contribution in [-0.2, 0) is 11.2 Å². The van der Waals surface area contributed by atoms with Gasteiger partial charge >= 0.3 is 0 Å². The normalized spacial score (nSPS) is 23.1. The zero-order valence-corrected chi connectivity index (χ0v) is 17.5. The van der Waals surface area contributed by atoms with Crippen LogP contribution in [0.5, 0.6) is 11.5 Å². The molecule has 1 aliphatic carbocycles. The molecule has 5 rings (SSSR count). The summed E-state index contributed by atoms with van der Waals surface area (Å²) >= 11 is 0. The Morgan fingerprint density at radius 1 is 1.29 bits per heavy atom. The van der Waals surface area contributed by atoms with Gasteiger partial charge in [-0.3, -0.25) is 4.79 Å². The number of aromatic hydroxyl groups is 1. The lowest BCUT2D eigenvalue weighted by Crippen LogP contribution is -2.54. The van der Waals surface area contributed by atoms with Crippen LogP contribution in [0, 0.1) is 12.8 Å². The summed E-state index contributed by atoms with van der Waals surface area (Å²) in [6, 6.07) is 3.69. The number of nitrogens with zero attached hydrogens (tertiary/aromatic N) is 4. The minimum atomic E-state index is -0.875. The van der Waals surface area contributed by atoms with Crippen molar-refractivity contribution in [2.45, 2.75) is 51.2 Å². The Bertz CT molecular complexity index is 1010. The molecule has 0 radical (unpaired) electrons. The van der Waals surface area contributed by atoms with Gasteiger partial charge in [0, 0.05) is 29.5 Å². The molecular weight excluding hydrogens is 401 g/mol. The molecule has 2 atom stereocenters. The summed E-state index contributed by atoms with van der Waals surface area (Å²) in [6.07, 6.45) is 3.16. The number of likely N-dealkylation sites (tertiary alicyclic amines) is 1. The summed E-state index contributed by atoms with van der Waals surface area (Å²) in [4.78, 5) is 18.7. The number of fused-ring (bicyclic) bond motifs is 1. The van der Waals surface area contributed by atoms with Crippen LogP contribution in [0.25, 0.3) is 11.3 Å². The number of aryl methyl sites for hydroxylation is 1. The van der Waals surface area contributed by atoms with Crippen LogP contribution in [-0.4, -0.2) is 63.0 Å². The molecule has 0 bridgehead atoms. The van der Waals surface area contributed by atoms with E-state index in [-0.39, 0.29) is 36.7 Å². The van der Waals surface area contributed by atoms with Crippen LogP contribution in [0.15, 0.2) is 12.1 Å². The summed E-state index contributed by atoms with van der Waals surface area (Å²) in [5.41, 5.74) is 2.58. The summed E-state index contributed by atoms with van der Waals surface area (Å²) in [5, 5.41) is 22.5. The Hall–Kier alpha value is -2.97. The molecule has 2 aromatic rings. The van der Waals surface area contributed by atoms with E-state index in [4.69, 9.17) is 4.74 Å². The number of phenols is 1. The summed E-state index contributed by atoms with van der Waals surface area (Å²) in [6.45, 7) is 2.85. The van der Waals surface area contributed by atoms with Crippen LogP contribution >= 0.6 is 0 Å². The lowest BCUT2D eigenvalue weighted by Gasteiger charge is -2.39. The summed E-state index contributed by atoms with van der Waals surface area (Å²) < 4.78 is 18.6. The van der Waals surface area contributed by atoms with E-state index >= 15 is 0 Å². The fraction of sp³-hybridized carbons (Fsp3) is 0.545. The highest BCUT2D eigenvalue weighted by atomic mass is 19.1. The number of phenolic OH excluding ortho intramolecular Hbond substituents is 1. The van der Waals surface area contributed by atoms with Gasteiger partial charge in [-0.1, -0.05) is 6.42 Å². The molecule has 164 valence electrons. The molecule has 31 heavy (non-hydrogen) atoms. The number of hydrogen-bond donors (Lipinski definition) is 2. The van der Waals surface area contributed by atoms with Crippen molar-refractivity contribution in [2.75, 3.05) is 25.0 Å². The maximum absolute atomic E-state index is 13.1. The Balaban J connectivity index is 1.28. The average Bonchev–Trinajstić information content (AvgIpc) is 3.22. The number of benzene rings is 1. The van der Waals surface area contributed by atoms with Crippen LogP contribution in [0.4, 0.5) is 10.3 Å². The summed E-state index contributed by atoms with van der Waals surface area (Å²) in [5.74, 6) is 1.26. The number of alkyl halides is 1. The van der Waals surface area contributed by atoms with Gasteiger partial charge in [0.1, 0.15) is 23.4 Å². The van der Waals surface area contributed by atoms with E-state index in [2.05, 4.69) is 20.5 Å². The van der Waals surface area contributed by atoms with Crippen LogP contribution < -0.4 is 10.1 Å². The highest BCUT2D eigenvalue weighted by Gasteiger charge is 2.36. The van der Waals surface area contributed by atoms with Gasteiger partial charge < -0.3 is 20.1 Å². The Kier molecular flexibility index (Phi) is 5.11. The first-order valence-corrected chi connectivity index (χ1v) is 10.9. The van der Waals surface area contributed by atoms with E-state index in [1.165, 1.54) is 0 Å². The zero-order chi connectivity index (χ0) is 21.5. The fourth-order valence-electron chi connectivity index (χ4n) is 4.75. The monoisotopic (exact) mass is 427 g/mol. The number of ether oxygens (including phenoxy) is 1. The molecule has 1 saturated carbocycles. The van der Waals surface area contributed by atoms with E-state index < -0.39 is 6.17 Å². The molecule has 3 aliphatic rings. The molecule has 8 nitrogen and oxygen atoms in total. The molecule has 2 N–H and O–H groups in total. The smallest absolute Gasteiger partial charge is 0.243 e. The van der Waals surface area contributed by atoms with Crippen molar-refractivity contribution >= 4 is 11.9 Å². The number of anilines is 1. The van der Waals surface area contributed by atoms with Crippen LogP contribution in [0.2, 0.25) is 0 Å². The second kappa shape index (κ2) is 7.94. The molecular formula is C22H26FN5O3. The Morgan fingerprint density at radius 2 is 2.13 bits per heavy atom. The number of hydrogen-bond acceptors (Lipinski definition) is 7. The third-order valence-corrected chi connectivity index (χ3v) is 6.47. The van der Waals surface area contributed by atoms with E-state index in [9.17, 15) is 14.3 Å². The van der Waals surface area contributed by atoms with Crippen molar-refractivity contribution in [1.29, 1.82) is 0 Å². The minimum Gasteiger partial charge on any atom is -0.507 e. The molecule has 9 heteroatoms. The van der Waals surface area contributed by atoms with Crippen molar-refractivity contribution in [3.05, 3.63) is 23.4 Å². The number of rotatable bonds is 4. The number of amides is 1. The molecule has 1 aromatic heterocycles. The molecule has 0 spiro atoms. The molecule has 2 fully saturated rings. The van der Waals surface area contributed by atoms with E-state index in [0.717, 1.165) is 24.8 Å². The number of halogens is 1. The van der Waals surface area contributed by atoms with Gasteiger partial charge in [0.25, 0.3) is 0 Å². The Morgan fingerprint density at radius 3 is 2.90 bits per heavy atom. The largest absolute Gasteiger partial charge is 0.507 e. The standard InChI is InChI=1S/C22H26FN5O3/c1-12-19(17-5-6-18-16(20(17)29)7-8-31-18)26-27-22(24-12)25-15-4-2-3-13(9-15)21(30)28-10-14(23)11-28/h5-6,13-15,29H,2-4,7-11H2,1H3,(H,24,25,27)/t13-,15+/m0/s1. The maximum atomic E-state index is 13.1. The van der Waals surface area contributed by atoms with Gasteiger partial charge in [-0.15, -0.1) is 10.2 Å². The minimum absolute atomic E-state index is 0.0574. The topological polar surface area (TPSA) is 100 Å². The third kappa shape index (κ3) is 3.77. The first-order chi connectivity index (χ1) is 15.0. The number of aromatic nitrogens is 3. The van der Waals surface area contributed by atoms with Crippen molar-refractivity contribution in [1.82, 2.24) is 20.1 Å². The fourth-order valence-corrected chi connectivity index (χ4v) is 4.75. The number of nitrogens with one attached hydrogen (secondary N) is 1. The number of carbonyl (C=O) groups excluding carboxylic acids is 1. The van der Waals surface area contributed by atoms with Gasteiger partial charge in [-0.05, 0) is 38.3 Å².